The molecule has 0 atom stereocenters. The van der Waals surface area contributed by atoms with Gasteiger partial charge >= 0.3 is 35.8 Å². The molecule has 0 fully saturated rings. The van der Waals surface area contributed by atoms with Gasteiger partial charge in [0.1, 0.15) is 26.1 Å². The summed E-state index contributed by atoms with van der Waals surface area (Å²) in [5.74, 6) is -3.33. The van der Waals surface area contributed by atoms with E-state index < -0.39 is 35.8 Å². The first kappa shape index (κ1) is 69.1. The Morgan fingerprint density at radius 1 is 0.488 bits per heavy atom. The molecular weight excluding hydrogens is 1090 g/mol. The zero-order valence-corrected chi connectivity index (χ0v) is 51.4. The highest BCUT2D eigenvalue weighted by atomic mass is 16.6. The van der Waals surface area contributed by atoms with Crippen molar-refractivity contribution in [1.29, 1.82) is 0 Å². The lowest BCUT2D eigenvalue weighted by atomic mass is 9.98. The third-order valence-electron chi connectivity index (χ3n) is 14.1. The molecule has 15 heteroatoms. The normalized spacial score (nSPS) is 11.6. The van der Waals surface area contributed by atoms with Crippen LogP contribution in [-0.4, -0.2) is 82.2 Å². The lowest BCUT2D eigenvalue weighted by Crippen LogP contribution is -2.15. The summed E-state index contributed by atoms with van der Waals surface area (Å²) in [4.78, 5) is 89.4. The molecule has 0 N–H and O–H groups in total. The Hall–Kier alpha value is -9.37. The first-order chi connectivity index (χ1) is 41.1. The average molecular weight is 1170 g/mol. The molecule has 0 aliphatic heterocycles. The number of rotatable bonds is 34. The highest BCUT2D eigenvalue weighted by molar-refractivity contribution is 5.89. The highest BCUT2D eigenvalue weighted by Crippen LogP contribution is 2.37. The summed E-state index contributed by atoms with van der Waals surface area (Å²) in [7, 11) is 1.23. The summed E-state index contributed by atoms with van der Waals surface area (Å²) in [5, 5.41) is 0. The quantitative estimate of drug-likeness (QED) is 0.0141. The molecule has 0 heterocycles. The summed E-state index contributed by atoms with van der Waals surface area (Å²) in [6.45, 7) is 34.0. The van der Waals surface area contributed by atoms with Gasteiger partial charge in [0.15, 0.2) is 0 Å². The molecule has 0 saturated heterocycles. The summed E-state index contributed by atoms with van der Waals surface area (Å²) in [5.41, 5.74) is 15.0. The molecule has 0 unspecified atom stereocenters. The lowest BCUT2D eigenvalue weighted by molar-refractivity contribution is -0.146. The smallest absolute Gasteiger partial charge is 0.336 e. The predicted molar refractivity (Wildman–Crippen MR) is 339 cm³/mol. The molecule has 86 heavy (non-hydrogen) atoms. The van der Waals surface area contributed by atoms with E-state index in [4.69, 9.17) is 23.7 Å². The van der Waals surface area contributed by atoms with Crippen molar-refractivity contribution in [3.05, 3.63) is 215 Å². The molecule has 0 aliphatic rings. The van der Waals surface area contributed by atoms with Gasteiger partial charge in [-0.1, -0.05) is 69.3 Å². The fourth-order valence-corrected chi connectivity index (χ4v) is 8.98. The summed E-state index contributed by atoms with van der Waals surface area (Å²) in [6.07, 6.45) is 14.6. The van der Waals surface area contributed by atoms with Crippen molar-refractivity contribution in [1.82, 2.24) is 0 Å². The second-order valence-electron chi connectivity index (χ2n) is 20.4. The van der Waals surface area contributed by atoms with Crippen LogP contribution in [0.3, 0.4) is 0 Å². The summed E-state index contributed by atoms with van der Waals surface area (Å²) in [6, 6.07) is 24.9. The topological polar surface area (TPSA) is 181 Å². The number of hydrogen-bond acceptors (Lipinski definition) is 15. The number of ether oxygens (including phenoxy) is 6. The first-order valence-corrected chi connectivity index (χ1v) is 28.5. The van der Waals surface area contributed by atoms with Gasteiger partial charge in [-0.2, -0.15) is 0 Å². The SMILES string of the molecule is C=C/C(CCC(=O)OCC(=C)C(=O)OC)=C(C)\C=C\N(c1ccc(CCC(=O)OCC(=C)C(=O)OCC)c(C)c1)c1ccc(-c2ccc(N(/C=C/C(C)=C(\C=C)CCC(=O)OCC(=C)C(=O)OCC)c3ccc(CCC=O)c(C)c3)c(C)c2)cc1C. The Bertz CT molecular complexity index is 3330. The van der Waals surface area contributed by atoms with E-state index in [9.17, 15) is 33.6 Å². The molecule has 0 radical (unpaired) electrons. The zero-order valence-electron chi connectivity index (χ0n) is 51.4. The molecule has 4 rings (SSSR count). The maximum Gasteiger partial charge on any atom is 0.336 e. The van der Waals surface area contributed by atoms with Crippen LogP contribution in [0, 0.1) is 27.7 Å². The first-order valence-electron chi connectivity index (χ1n) is 28.5. The third-order valence-corrected chi connectivity index (χ3v) is 14.1. The van der Waals surface area contributed by atoms with Gasteiger partial charge in [-0.3, -0.25) is 14.4 Å². The van der Waals surface area contributed by atoms with E-state index in [2.05, 4.69) is 116 Å². The monoisotopic (exact) mass is 1170 g/mol. The number of anilines is 4. The maximum absolute atomic E-state index is 12.8. The fourth-order valence-electron chi connectivity index (χ4n) is 8.98. The molecule has 0 saturated carbocycles. The number of carbonyl (C=O) groups is 7. The van der Waals surface area contributed by atoms with Crippen LogP contribution in [0.4, 0.5) is 22.7 Å². The number of methoxy groups -OCH3 is 1. The molecular formula is C71H82N2O13. The minimum Gasteiger partial charge on any atom is -0.466 e. The van der Waals surface area contributed by atoms with Crippen molar-refractivity contribution in [2.24, 2.45) is 0 Å². The van der Waals surface area contributed by atoms with Gasteiger partial charge in [-0.25, -0.2) is 14.4 Å². The van der Waals surface area contributed by atoms with Gasteiger partial charge < -0.3 is 43.0 Å². The Balaban J connectivity index is 1.72. The van der Waals surface area contributed by atoms with Gasteiger partial charge in [0.05, 0.1) is 37.0 Å². The molecule has 0 spiro atoms. The second kappa shape index (κ2) is 35.0. The van der Waals surface area contributed by atoms with Crippen LogP contribution in [0.1, 0.15) is 99.6 Å². The van der Waals surface area contributed by atoms with Gasteiger partial charge in [0.25, 0.3) is 0 Å². The van der Waals surface area contributed by atoms with Crippen LogP contribution >= 0.6 is 0 Å². The van der Waals surface area contributed by atoms with Crippen molar-refractivity contribution in [2.45, 2.75) is 107 Å². The van der Waals surface area contributed by atoms with Gasteiger partial charge in [0.2, 0.25) is 0 Å². The zero-order chi connectivity index (χ0) is 63.5. The second-order valence-corrected chi connectivity index (χ2v) is 20.4. The van der Waals surface area contributed by atoms with E-state index in [-0.39, 0.29) is 69.0 Å². The van der Waals surface area contributed by atoms with Crippen LogP contribution in [0.5, 0.6) is 0 Å². The van der Waals surface area contributed by atoms with Gasteiger partial charge in [-0.15, -0.1) is 0 Å². The standard InChI is InChI=1S/C71H82N2O13/c1-15-56(25-32-66(75)84-44-53(11)69(78)81-14)48(6)36-38-73(63-29-22-59(50(8)43-63)27-34-68(77)86-46-55(13)71(80)83-18-4)65-31-24-61(41-52(65)10)60-23-30-64(51(9)40-60)72(62-28-21-58(20-19-39-74)49(7)42-62)37-35-47(5)57(16-2)26-33-67(76)85-45-54(12)70(79)82-17-3/h15-16,21-24,28-31,35-43H,1-2,11-13,17-20,25-27,32-34,44-46H2,3-10,14H3/b37-35+,38-36+,56-48+,57-47+. The van der Waals surface area contributed by atoms with Crippen molar-refractivity contribution in [2.75, 3.05) is 49.9 Å². The van der Waals surface area contributed by atoms with Crippen LogP contribution in [-0.2, 0) is 74.8 Å². The lowest BCUT2D eigenvalue weighted by Gasteiger charge is -2.26. The van der Waals surface area contributed by atoms with E-state index in [0.717, 1.165) is 95.8 Å². The largest absolute Gasteiger partial charge is 0.466 e. The molecule has 15 nitrogen and oxygen atoms in total. The molecule has 0 amide bonds. The average Bonchev–Trinajstić information content (AvgIpc) is 3.51. The van der Waals surface area contributed by atoms with Gasteiger partial charge in [-0.05, 0) is 209 Å². The fraction of sp³-hybridized carbons (Fsp3) is 0.310. The summed E-state index contributed by atoms with van der Waals surface area (Å²) >= 11 is 0. The van der Waals surface area contributed by atoms with E-state index >= 15 is 0 Å². The Labute approximate surface area is 507 Å². The minimum atomic E-state index is -0.653. The molecule has 0 bridgehead atoms. The van der Waals surface area contributed by atoms with Crippen LogP contribution < -0.4 is 9.80 Å². The Morgan fingerprint density at radius 3 is 1.24 bits per heavy atom. The van der Waals surface area contributed by atoms with Crippen molar-refractivity contribution >= 4 is 64.9 Å². The number of aryl methyl sites for hydroxylation is 6. The van der Waals surface area contributed by atoms with Crippen LogP contribution in [0.25, 0.3) is 11.1 Å². The summed E-state index contributed by atoms with van der Waals surface area (Å²) < 4.78 is 30.4. The molecule has 4 aromatic rings. The predicted octanol–water partition coefficient (Wildman–Crippen LogP) is 14.1. The molecule has 4 aromatic carbocycles. The number of benzene rings is 4. The van der Waals surface area contributed by atoms with E-state index in [1.807, 2.05) is 70.4 Å². The van der Waals surface area contributed by atoms with Crippen molar-refractivity contribution in [3.8, 4) is 11.1 Å². The van der Waals surface area contributed by atoms with Crippen LogP contribution in [0.15, 0.2) is 181 Å². The van der Waals surface area contributed by atoms with Crippen molar-refractivity contribution < 1.29 is 62.0 Å². The minimum absolute atomic E-state index is 0.0313. The number of esters is 6. The number of carbonyl (C=O) groups excluding carboxylic acids is 7. The van der Waals surface area contributed by atoms with Gasteiger partial charge in [0, 0.05) is 60.8 Å². The maximum atomic E-state index is 12.8. The number of hydrogen-bond donors (Lipinski definition) is 0. The number of allylic oxidation sites excluding steroid dienone is 8. The Kier molecular flexibility index (Phi) is 28.2. The van der Waals surface area contributed by atoms with E-state index in [1.165, 1.54) is 7.11 Å². The molecule has 0 aromatic heterocycles. The number of nitrogens with zero attached hydrogens (tertiary/aromatic N) is 2. The number of aldehydes is 1. The molecule has 0 aliphatic carbocycles. The molecule has 454 valence electrons. The Morgan fingerprint density at radius 2 is 0.884 bits per heavy atom. The highest BCUT2D eigenvalue weighted by Gasteiger charge is 2.19. The van der Waals surface area contributed by atoms with Crippen molar-refractivity contribution in [3.63, 3.8) is 0 Å². The van der Waals surface area contributed by atoms with E-state index in [1.54, 1.807) is 26.0 Å². The van der Waals surface area contributed by atoms with E-state index in [0.29, 0.717) is 32.1 Å². The van der Waals surface area contributed by atoms with Crippen LogP contribution in [0.2, 0.25) is 0 Å². The third kappa shape index (κ3) is 21.1.